The molecule has 3 aliphatic rings. The summed E-state index contributed by atoms with van der Waals surface area (Å²) in [6.07, 6.45) is -0.381. The molecule has 0 bridgehead atoms. The highest BCUT2D eigenvalue weighted by molar-refractivity contribution is 7.80. The minimum absolute atomic E-state index is 0.0612. The molecule has 4 rings (SSSR count). The lowest BCUT2D eigenvalue weighted by Gasteiger charge is -2.25. The average Bonchev–Trinajstić information content (AvgIpc) is 3.33. The number of cyclic esters (lactones) is 1. The Bertz CT molecular complexity index is 980. The number of likely N-dealkylation sites (tertiary alicyclic amines) is 1. The zero-order valence-corrected chi connectivity index (χ0v) is 21.1. The van der Waals surface area contributed by atoms with E-state index in [1.165, 1.54) is 17.0 Å². The van der Waals surface area contributed by atoms with Gasteiger partial charge in [-0.3, -0.25) is 9.91 Å². The summed E-state index contributed by atoms with van der Waals surface area (Å²) < 4.78 is 40.4. The first-order chi connectivity index (χ1) is 17.2. The molecular weight excluding hydrogens is 496 g/mol. The molecule has 36 heavy (non-hydrogen) atoms. The highest BCUT2D eigenvalue weighted by Crippen LogP contribution is 2.31. The van der Waals surface area contributed by atoms with E-state index < -0.39 is 23.8 Å². The molecule has 2 atom stereocenters. The number of carbonyl (C=O) groups excluding carboxylic acids is 2. The minimum Gasteiger partial charge on any atom is -0.474 e. The maximum atomic E-state index is 15.1. The number of rotatable bonds is 5. The second kappa shape index (κ2) is 11.4. The van der Waals surface area contributed by atoms with Gasteiger partial charge in [-0.1, -0.05) is 0 Å². The van der Waals surface area contributed by atoms with Crippen molar-refractivity contribution in [3.63, 3.8) is 0 Å². The molecule has 3 N–H and O–H groups in total. The monoisotopic (exact) mass is 527 g/mol. The zero-order chi connectivity index (χ0) is 25.8. The van der Waals surface area contributed by atoms with Crippen molar-refractivity contribution in [1.29, 1.82) is 0 Å². The predicted octanol–water partition coefficient (Wildman–Crippen LogP) is 0.851. The molecule has 3 saturated heterocycles. The number of benzene rings is 1. The summed E-state index contributed by atoms with van der Waals surface area (Å²) in [5, 5.41) is 7.39. The molecule has 11 nitrogen and oxygen atoms in total. The Morgan fingerprint density at radius 3 is 2.64 bits per heavy atom. The van der Waals surface area contributed by atoms with Crippen molar-refractivity contribution in [2.45, 2.75) is 18.6 Å². The van der Waals surface area contributed by atoms with E-state index in [2.05, 4.69) is 21.0 Å². The number of amides is 3. The molecule has 3 aliphatic heterocycles. The Kier molecular flexibility index (Phi) is 8.26. The van der Waals surface area contributed by atoms with Crippen molar-refractivity contribution in [1.82, 2.24) is 26.0 Å². The van der Waals surface area contributed by atoms with Gasteiger partial charge in [-0.25, -0.2) is 23.8 Å². The third-order valence-electron chi connectivity index (χ3n) is 6.41. The largest absolute Gasteiger partial charge is 0.474 e. The lowest BCUT2D eigenvalue weighted by atomic mass is 10.2. The summed E-state index contributed by atoms with van der Waals surface area (Å²) in [7, 11) is 3.42. The van der Waals surface area contributed by atoms with E-state index in [9.17, 15) is 9.59 Å². The van der Waals surface area contributed by atoms with Gasteiger partial charge in [-0.15, -0.1) is 0 Å². The number of thiocarbonyl (C=S) groups is 1. The van der Waals surface area contributed by atoms with Gasteiger partial charge >= 0.3 is 12.1 Å². The van der Waals surface area contributed by atoms with Crippen LogP contribution in [0, 0.1) is 11.6 Å². The van der Waals surface area contributed by atoms with Crippen LogP contribution in [0.25, 0.3) is 0 Å². The molecule has 1 aromatic carbocycles. The molecule has 3 heterocycles. The van der Waals surface area contributed by atoms with Crippen molar-refractivity contribution in [3.8, 4) is 0 Å². The molecule has 0 radical (unpaired) electrons. The van der Waals surface area contributed by atoms with Gasteiger partial charge in [-0.05, 0) is 32.2 Å². The summed E-state index contributed by atoms with van der Waals surface area (Å²) in [5.41, 5.74) is 2.89. The Morgan fingerprint density at radius 1 is 1.22 bits per heavy atom. The van der Waals surface area contributed by atoms with Gasteiger partial charge in [0.25, 0.3) is 5.17 Å². The summed E-state index contributed by atoms with van der Waals surface area (Å²) in [6.45, 7) is 3.12. The smallest absolute Gasteiger partial charge is 0.414 e. The first kappa shape index (κ1) is 26.1. The second-order valence-electron chi connectivity index (χ2n) is 8.99. The molecule has 0 aliphatic carbocycles. The Morgan fingerprint density at radius 2 is 1.97 bits per heavy atom. The number of carbonyl (C=O) groups is 2. The topological polar surface area (TPSA) is 102 Å². The summed E-state index contributed by atoms with van der Waals surface area (Å²) in [6, 6.07) is 2.06. The summed E-state index contributed by atoms with van der Waals surface area (Å²) >= 11 is 4.90. The van der Waals surface area contributed by atoms with Crippen LogP contribution in [0.3, 0.4) is 0 Å². The predicted molar refractivity (Wildman–Crippen MR) is 133 cm³/mol. The fraction of sp³-hybridized carbons (Fsp3) is 0.591. The maximum absolute atomic E-state index is 15.1. The zero-order valence-electron chi connectivity index (χ0n) is 20.3. The highest BCUT2D eigenvalue weighted by Gasteiger charge is 2.34. The molecule has 198 valence electrons. The fourth-order valence-electron chi connectivity index (χ4n) is 4.55. The second-order valence-corrected chi connectivity index (χ2v) is 9.36. The number of nitrogens with one attached hydrogen (secondary N) is 3. The van der Waals surface area contributed by atoms with Crippen LogP contribution in [0.5, 0.6) is 0 Å². The Hall–Kier alpha value is -2.97. The lowest BCUT2D eigenvalue weighted by Crippen LogP contribution is -2.52. The number of hydrogen-bond acceptors (Lipinski definition) is 8. The lowest BCUT2D eigenvalue weighted by molar-refractivity contribution is 0.142. The van der Waals surface area contributed by atoms with E-state index in [1.807, 2.05) is 7.05 Å². The SMILES string of the molecule is COC(=S)NC[C@H]1CN(c2cc(F)c(N3CCNN(C(=O)N[C@@H]4CCN(C)C4)CC3)c(F)c2)C(=O)O1. The molecule has 0 spiro atoms. The standard InChI is InChI=1S/C22H31F2N7O4S/c1-28-5-3-14(12-28)27-20(32)31-8-7-29(6-4-26-31)19-17(23)9-15(10-18(19)24)30-13-16(35-22(30)33)11-25-21(36)34-2/h9-10,14,16,26H,3-8,11-13H2,1-2H3,(H,25,36)(H,27,32)/t14-,16+/m1/s1. The number of methoxy groups -OCH3 is 1. The number of ether oxygens (including phenoxy) is 2. The van der Waals surface area contributed by atoms with Crippen LogP contribution in [-0.2, 0) is 9.47 Å². The highest BCUT2D eigenvalue weighted by atomic mass is 32.1. The first-order valence-corrected chi connectivity index (χ1v) is 12.2. The van der Waals surface area contributed by atoms with Crippen LogP contribution in [0.2, 0.25) is 0 Å². The third kappa shape index (κ3) is 6.05. The van der Waals surface area contributed by atoms with Gasteiger partial charge in [-0.2, -0.15) is 0 Å². The molecule has 3 amide bonds. The number of hydrazine groups is 1. The van der Waals surface area contributed by atoms with E-state index in [-0.39, 0.29) is 54.8 Å². The molecule has 14 heteroatoms. The Balaban J connectivity index is 1.38. The summed E-state index contributed by atoms with van der Waals surface area (Å²) in [4.78, 5) is 29.8. The number of halogens is 2. The van der Waals surface area contributed by atoms with E-state index in [1.54, 1.807) is 4.90 Å². The van der Waals surface area contributed by atoms with Crippen LogP contribution in [0.15, 0.2) is 12.1 Å². The molecule has 0 aromatic heterocycles. The van der Waals surface area contributed by atoms with E-state index in [0.717, 1.165) is 31.6 Å². The van der Waals surface area contributed by atoms with Gasteiger partial charge < -0.3 is 29.9 Å². The van der Waals surface area contributed by atoms with Gasteiger partial charge in [0.2, 0.25) is 0 Å². The van der Waals surface area contributed by atoms with Gasteiger partial charge in [0.05, 0.1) is 32.4 Å². The van der Waals surface area contributed by atoms with Crippen molar-refractivity contribution >= 4 is 40.9 Å². The van der Waals surface area contributed by atoms with Gasteiger partial charge in [0, 0.05) is 44.4 Å². The van der Waals surface area contributed by atoms with Crippen molar-refractivity contribution in [3.05, 3.63) is 23.8 Å². The summed E-state index contributed by atoms with van der Waals surface area (Å²) in [5.74, 6) is -1.60. The normalized spacial score (nSPS) is 22.9. The van der Waals surface area contributed by atoms with Crippen LogP contribution in [0.1, 0.15) is 6.42 Å². The van der Waals surface area contributed by atoms with Gasteiger partial charge in [0.15, 0.2) is 11.6 Å². The quantitative estimate of drug-likeness (QED) is 0.481. The maximum Gasteiger partial charge on any atom is 0.414 e. The average molecular weight is 528 g/mol. The number of likely N-dealkylation sites (N-methyl/N-ethyl adjacent to an activating group) is 1. The number of hydrogen-bond donors (Lipinski definition) is 3. The molecule has 0 saturated carbocycles. The third-order valence-corrected chi connectivity index (χ3v) is 6.72. The fourth-order valence-corrected chi connectivity index (χ4v) is 4.64. The van der Waals surface area contributed by atoms with Crippen molar-refractivity contribution < 1.29 is 27.8 Å². The molecule has 3 fully saturated rings. The van der Waals surface area contributed by atoms with Crippen molar-refractivity contribution in [2.75, 3.05) is 76.3 Å². The van der Waals surface area contributed by atoms with Crippen LogP contribution >= 0.6 is 12.2 Å². The first-order valence-electron chi connectivity index (χ1n) is 11.8. The van der Waals surface area contributed by atoms with Crippen LogP contribution in [0.4, 0.5) is 29.7 Å². The number of nitrogens with zero attached hydrogens (tertiary/aromatic N) is 4. The van der Waals surface area contributed by atoms with Crippen LogP contribution in [-0.4, -0.2) is 106 Å². The number of anilines is 2. The van der Waals surface area contributed by atoms with E-state index in [4.69, 9.17) is 21.7 Å². The van der Waals surface area contributed by atoms with Crippen molar-refractivity contribution in [2.24, 2.45) is 0 Å². The Labute approximate surface area is 213 Å². The number of urea groups is 1. The van der Waals surface area contributed by atoms with E-state index >= 15 is 8.78 Å². The molecule has 1 aromatic rings. The van der Waals surface area contributed by atoms with Crippen LogP contribution < -0.4 is 25.9 Å². The van der Waals surface area contributed by atoms with Gasteiger partial charge in [0.1, 0.15) is 11.8 Å². The minimum atomic E-state index is -0.799. The van der Waals surface area contributed by atoms with E-state index in [0.29, 0.717) is 13.1 Å². The molecular formula is C22H31F2N7O4S. The molecule has 0 unspecified atom stereocenters.